The first-order valence-electron chi connectivity index (χ1n) is 4.72. The number of nitrogens with zero attached hydrogens (tertiary/aromatic N) is 1. The van der Waals surface area contributed by atoms with Crippen molar-refractivity contribution in [1.82, 2.24) is 0 Å². The Morgan fingerprint density at radius 2 is 2.12 bits per heavy atom. The van der Waals surface area contributed by atoms with Gasteiger partial charge in [-0.1, -0.05) is 16.8 Å². The summed E-state index contributed by atoms with van der Waals surface area (Å²) >= 11 is 7.69. The van der Waals surface area contributed by atoms with E-state index in [2.05, 4.69) is 5.16 Å². The van der Waals surface area contributed by atoms with Gasteiger partial charge in [-0.25, -0.2) is 0 Å². The molecule has 1 heterocycles. The lowest BCUT2D eigenvalue weighted by atomic mass is 10.2. The van der Waals surface area contributed by atoms with Gasteiger partial charge in [-0.05, 0) is 6.07 Å². The summed E-state index contributed by atoms with van der Waals surface area (Å²) in [5.41, 5.74) is 0. The normalized spacial score (nSPS) is 11.2. The Morgan fingerprint density at radius 3 is 2.71 bits per heavy atom. The van der Waals surface area contributed by atoms with Gasteiger partial charge < -0.3 is 14.7 Å². The van der Waals surface area contributed by atoms with Crippen LogP contribution in [0.3, 0.4) is 0 Å². The first-order chi connectivity index (χ1) is 8.21. The Morgan fingerprint density at radius 1 is 1.35 bits per heavy atom. The third kappa shape index (κ3) is 2.03. The Kier molecular flexibility index (Phi) is 3.40. The molecule has 1 N–H and O–H groups in total. The number of methoxy groups -OCH3 is 2. The van der Waals surface area contributed by atoms with Gasteiger partial charge in [-0.2, -0.15) is 0 Å². The van der Waals surface area contributed by atoms with Crippen molar-refractivity contribution in [3.8, 4) is 11.5 Å². The van der Waals surface area contributed by atoms with Gasteiger partial charge in [0.1, 0.15) is 0 Å². The third-order valence-electron chi connectivity index (χ3n) is 2.31. The Bertz CT molecular complexity index is 580. The number of thiophene rings is 1. The summed E-state index contributed by atoms with van der Waals surface area (Å²) in [6.07, 6.45) is 1.36. The predicted octanol–water partition coefficient (Wildman–Crippen LogP) is 3.38. The molecule has 0 unspecified atom stereocenters. The van der Waals surface area contributed by atoms with Crippen LogP contribution >= 0.6 is 22.9 Å². The van der Waals surface area contributed by atoms with E-state index in [1.54, 1.807) is 7.11 Å². The van der Waals surface area contributed by atoms with Crippen molar-refractivity contribution >= 4 is 39.2 Å². The van der Waals surface area contributed by atoms with Gasteiger partial charge in [0, 0.05) is 21.0 Å². The fraction of sp³-hybridized carbons (Fsp3) is 0.182. The zero-order valence-corrected chi connectivity index (χ0v) is 10.8. The first-order valence-corrected chi connectivity index (χ1v) is 5.92. The van der Waals surface area contributed by atoms with Crippen molar-refractivity contribution < 1.29 is 14.7 Å². The first kappa shape index (κ1) is 12.0. The van der Waals surface area contributed by atoms with E-state index < -0.39 is 0 Å². The maximum atomic E-state index is 8.51. The summed E-state index contributed by atoms with van der Waals surface area (Å²) in [7, 11) is 3.10. The summed E-state index contributed by atoms with van der Waals surface area (Å²) in [4.78, 5) is 0.805. The molecule has 4 nitrogen and oxygen atoms in total. The molecule has 17 heavy (non-hydrogen) atoms. The largest absolute Gasteiger partial charge is 0.493 e. The van der Waals surface area contributed by atoms with Crippen LogP contribution in [0.4, 0.5) is 0 Å². The average Bonchev–Trinajstić information content (AvgIpc) is 2.72. The van der Waals surface area contributed by atoms with Crippen LogP contribution in [0, 0.1) is 0 Å². The molecule has 0 atom stereocenters. The number of rotatable bonds is 3. The minimum Gasteiger partial charge on any atom is -0.493 e. The molecule has 1 aromatic carbocycles. The molecule has 1 aromatic heterocycles. The molecule has 0 aliphatic rings. The number of oxime groups is 1. The van der Waals surface area contributed by atoms with E-state index in [1.165, 1.54) is 24.7 Å². The second-order valence-corrected chi connectivity index (χ2v) is 4.72. The molecule has 6 heteroatoms. The highest BCUT2D eigenvalue weighted by Gasteiger charge is 2.15. The van der Waals surface area contributed by atoms with Gasteiger partial charge in [0.05, 0.1) is 25.5 Å². The molecule has 0 bridgehead atoms. The quantitative estimate of drug-likeness (QED) is 0.529. The second kappa shape index (κ2) is 4.81. The lowest BCUT2D eigenvalue weighted by Crippen LogP contribution is -1.90. The minimum absolute atomic E-state index is 0.496. The Balaban J connectivity index is 2.72. The molecule has 90 valence electrons. The van der Waals surface area contributed by atoms with E-state index in [0.29, 0.717) is 16.5 Å². The molecular weight excluding hydrogens is 262 g/mol. The van der Waals surface area contributed by atoms with E-state index in [0.717, 1.165) is 15.0 Å². The van der Waals surface area contributed by atoms with Crippen molar-refractivity contribution in [1.29, 1.82) is 0 Å². The zero-order chi connectivity index (χ0) is 12.4. The van der Waals surface area contributed by atoms with Gasteiger partial charge in [-0.15, -0.1) is 11.3 Å². The molecule has 2 aromatic rings. The molecule has 0 spiro atoms. The van der Waals surface area contributed by atoms with Gasteiger partial charge in [0.25, 0.3) is 0 Å². The monoisotopic (exact) mass is 271 g/mol. The van der Waals surface area contributed by atoms with E-state index in [1.807, 2.05) is 12.1 Å². The molecular formula is C11H10ClNO3S. The van der Waals surface area contributed by atoms with Crippen molar-refractivity contribution in [3.05, 3.63) is 22.0 Å². The van der Waals surface area contributed by atoms with Crippen LogP contribution in [0.2, 0.25) is 5.02 Å². The zero-order valence-electron chi connectivity index (χ0n) is 9.23. The third-order valence-corrected chi connectivity index (χ3v) is 3.70. The highest BCUT2D eigenvalue weighted by molar-refractivity contribution is 7.20. The number of ether oxygens (including phenoxy) is 2. The summed E-state index contributed by atoms with van der Waals surface area (Å²) in [6, 6.07) is 3.68. The van der Waals surface area contributed by atoms with Crippen LogP contribution in [-0.4, -0.2) is 25.6 Å². The molecule has 0 aliphatic carbocycles. The van der Waals surface area contributed by atoms with Crippen LogP contribution in [0.15, 0.2) is 17.3 Å². The Hall–Kier alpha value is -1.46. The lowest BCUT2D eigenvalue weighted by molar-refractivity contribution is 0.322. The molecule has 0 radical (unpaired) electrons. The van der Waals surface area contributed by atoms with E-state index >= 15 is 0 Å². The SMILES string of the molecule is COc1cc2sc(/C=N\O)cc2c(Cl)c1OC. The van der Waals surface area contributed by atoms with Crippen LogP contribution in [0.1, 0.15) is 4.88 Å². The molecule has 2 rings (SSSR count). The fourth-order valence-electron chi connectivity index (χ4n) is 1.58. The maximum Gasteiger partial charge on any atom is 0.180 e. The number of hydrogen-bond acceptors (Lipinski definition) is 5. The van der Waals surface area contributed by atoms with Gasteiger partial charge in [-0.3, -0.25) is 0 Å². The number of hydrogen-bond donors (Lipinski definition) is 1. The fourth-order valence-corrected chi connectivity index (χ4v) is 2.93. The van der Waals surface area contributed by atoms with Gasteiger partial charge in [0.2, 0.25) is 0 Å². The molecule has 0 amide bonds. The summed E-state index contributed by atoms with van der Waals surface area (Å²) in [6.45, 7) is 0. The smallest absolute Gasteiger partial charge is 0.180 e. The average molecular weight is 272 g/mol. The summed E-state index contributed by atoms with van der Waals surface area (Å²) in [5, 5.41) is 12.9. The van der Waals surface area contributed by atoms with Crippen LogP contribution < -0.4 is 9.47 Å². The molecule has 0 fully saturated rings. The Labute approximate surface area is 107 Å². The van der Waals surface area contributed by atoms with E-state index in [4.69, 9.17) is 26.3 Å². The molecule has 0 aliphatic heterocycles. The highest BCUT2D eigenvalue weighted by atomic mass is 35.5. The lowest BCUT2D eigenvalue weighted by Gasteiger charge is -2.09. The van der Waals surface area contributed by atoms with E-state index in [9.17, 15) is 0 Å². The predicted molar refractivity (Wildman–Crippen MR) is 69.3 cm³/mol. The minimum atomic E-state index is 0.496. The van der Waals surface area contributed by atoms with Crippen molar-refractivity contribution in [2.24, 2.45) is 5.16 Å². The van der Waals surface area contributed by atoms with E-state index in [-0.39, 0.29) is 0 Å². The number of benzene rings is 1. The maximum absolute atomic E-state index is 8.51. The van der Waals surface area contributed by atoms with Gasteiger partial charge >= 0.3 is 0 Å². The number of halogens is 1. The second-order valence-electron chi connectivity index (χ2n) is 3.23. The van der Waals surface area contributed by atoms with Crippen molar-refractivity contribution in [3.63, 3.8) is 0 Å². The standard InChI is InChI=1S/C11H10ClNO3S/c1-15-8-4-9-7(10(12)11(8)16-2)3-6(17-9)5-13-14/h3-5,14H,1-2H3/b13-5-. The highest BCUT2D eigenvalue weighted by Crippen LogP contribution is 2.43. The van der Waals surface area contributed by atoms with Crippen LogP contribution in [0.25, 0.3) is 10.1 Å². The summed E-state index contributed by atoms with van der Waals surface area (Å²) < 4.78 is 11.4. The van der Waals surface area contributed by atoms with Crippen LogP contribution in [0.5, 0.6) is 11.5 Å². The van der Waals surface area contributed by atoms with Gasteiger partial charge in [0.15, 0.2) is 11.5 Å². The molecule has 0 saturated heterocycles. The molecule has 0 saturated carbocycles. The summed E-state index contributed by atoms with van der Waals surface area (Å²) in [5.74, 6) is 1.09. The van der Waals surface area contributed by atoms with Crippen molar-refractivity contribution in [2.45, 2.75) is 0 Å². The topological polar surface area (TPSA) is 51.0 Å². The van der Waals surface area contributed by atoms with Crippen molar-refractivity contribution in [2.75, 3.05) is 14.2 Å². The van der Waals surface area contributed by atoms with Crippen LogP contribution in [-0.2, 0) is 0 Å². The number of fused-ring (bicyclic) bond motifs is 1.